The van der Waals surface area contributed by atoms with Crippen LogP contribution in [0, 0.1) is 0 Å². The van der Waals surface area contributed by atoms with Crippen LogP contribution in [0.15, 0.2) is 59.8 Å². The van der Waals surface area contributed by atoms with E-state index in [-0.39, 0.29) is 11.9 Å². The first kappa shape index (κ1) is 21.9. The molecule has 3 aromatic rings. The van der Waals surface area contributed by atoms with E-state index < -0.39 is 0 Å². The Morgan fingerprint density at radius 3 is 2.47 bits per heavy atom. The van der Waals surface area contributed by atoms with Gasteiger partial charge in [-0.15, -0.1) is 10.2 Å². The normalized spacial score (nSPS) is 11.8. The maximum absolute atomic E-state index is 12.6. The molecule has 1 heterocycles. The van der Waals surface area contributed by atoms with E-state index in [1.54, 1.807) is 7.11 Å². The SMILES string of the molecule is CCCC(NC(=O)CSc1nnc(-c2ccc(OC)cc2)n1CC)c1ccccc1. The van der Waals surface area contributed by atoms with Gasteiger partial charge in [0.25, 0.3) is 0 Å². The molecule has 7 heteroatoms. The third kappa shape index (κ3) is 5.42. The average Bonchev–Trinajstić information content (AvgIpc) is 3.21. The molecular formula is C23H28N4O2S. The Morgan fingerprint density at radius 2 is 1.83 bits per heavy atom. The minimum atomic E-state index is -0.000969. The molecule has 0 aliphatic rings. The summed E-state index contributed by atoms with van der Waals surface area (Å²) in [6.07, 6.45) is 1.91. The lowest BCUT2D eigenvalue weighted by molar-refractivity contribution is -0.119. The van der Waals surface area contributed by atoms with Crippen molar-refractivity contribution in [3.05, 3.63) is 60.2 Å². The Labute approximate surface area is 182 Å². The van der Waals surface area contributed by atoms with Crippen molar-refractivity contribution in [1.29, 1.82) is 0 Å². The Bertz CT molecular complexity index is 942. The molecule has 3 rings (SSSR count). The first-order valence-corrected chi connectivity index (χ1v) is 11.2. The van der Waals surface area contributed by atoms with Gasteiger partial charge in [-0.3, -0.25) is 4.79 Å². The van der Waals surface area contributed by atoms with Crippen LogP contribution in [0.1, 0.15) is 38.3 Å². The number of nitrogens with one attached hydrogen (secondary N) is 1. The fourth-order valence-corrected chi connectivity index (χ4v) is 4.11. The minimum Gasteiger partial charge on any atom is -0.497 e. The number of rotatable bonds is 10. The van der Waals surface area contributed by atoms with Gasteiger partial charge in [0.2, 0.25) is 5.91 Å². The van der Waals surface area contributed by atoms with E-state index in [2.05, 4.69) is 34.6 Å². The summed E-state index contributed by atoms with van der Waals surface area (Å²) in [4.78, 5) is 12.6. The second kappa shape index (κ2) is 10.8. The topological polar surface area (TPSA) is 69.0 Å². The van der Waals surface area contributed by atoms with Gasteiger partial charge in [-0.05, 0) is 43.2 Å². The van der Waals surface area contributed by atoms with Crippen LogP contribution in [-0.2, 0) is 11.3 Å². The van der Waals surface area contributed by atoms with E-state index in [0.717, 1.165) is 47.2 Å². The summed E-state index contributed by atoms with van der Waals surface area (Å²) in [5, 5.41) is 12.6. The molecule has 0 aliphatic carbocycles. The number of hydrogen-bond acceptors (Lipinski definition) is 5. The zero-order valence-corrected chi connectivity index (χ0v) is 18.5. The highest BCUT2D eigenvalue weighted by Gasteiger charge is 2.17. The summed E-state index contributed by atoms with van der Waals surface area (Å²) in [5.74, 6) is 1.89. The van der Waals surface area contributed by atoms with E-state index in [1.807, 2.05) is 54.0 Å². The summed E-state index contributed by atoms with van der Waals surface area (Å²) in [6, 6.07) is 17.9. The Morgan fingerprint density at radius 1 is 1.10 bits per heavy atom. The predicted molar refractivity (Wildman–Crippen MR) is 121 cm³/mol. The fraction of sp³-hybridized carbons (Fsp3) is 0.348. The van der Waals surface area contributed by atoms with Crippen molar-refractivity contribution >= 4 is 17.7 Å². The number of carbonyl (C=O) groups is 1. The molecule has 0 saturated carbocycles. The molecule has 0 spiro atoms. The van der Waals surface area contributed by atoms with E-state index in [0.29, 0.717) is 5.75 Å². The van der Waals surface area contributed by atoms with Gasteiger partial charge < -0.3 is 14.6 Å². The molecule has 2 aromatic carbocycles. The molecule has 158 valence electrons. The van der Waals surface area contributed by atoms with E-state index in [1.165, 1.54) is 11.8 Å². The maximum Gasteiger partial charge on any atom is 0.230 e. The van der Waals surface area contributed by atoms with Crippen molar-refractivity contribution in [3.8, 4) is 17.1 Å². The van der Waals surface area contributed by atoms with Crippen molar-refractivity contribution in [1.82, 2.24) is 20.1 Å². The van der Waals surface area contributed by atoms with Gasteiger partial charge in [-0.25, -0.2) is 0 Å². The number of thioether (sulfide) groups is 1. The van der Waals surface area contributed by atoms with Gasteiger partial charge in [0.1, 0.15) is 5.75 Å². The molecule has 1 aromatic heterocycles. The highest BCUT2D eigenvalue weighted by atomic mass is 32.2. The molecule has 0 saturated heterocycles. The first-order chi connectivity index (χ1) is 14.7. The van der Waals surface area contributed by atoms with Crippen molar-refractivity contribution in [2.24, 2.45) is 0 Å². The third-order valence-corrected chi connectivity index (χ3v) is 5.79. The van der Waals surface area contributed by atoms with Gasteiger partial charge in [0.15, 0.2) is 11.0 Å². The lowest BCUT2D eigenvalue weighted by atomic mass is 10.0. The van der Waals surface area contributed by atoms with Gasteiger partial charge >= 0.3 is 0 Å². The van der Waals surface area contributed by atoms with E-state index in [9.17, 15) is 4.79 Å². The molecule has 0 radical (unpaired) electrons. The number of benzene rings is 2. The summed E-state index contributed by atoms with van der Waals surface area (Å²) in [6.45, 7) is 4.90. The number of amides is 1. The molecule has 1 atom stereocenters. The number of methoxy groups -OCH3 is 1. The average molecular weight is 425 g/mol. The Balaban J connectivity index is 1.66. The molecule has 1 N–H and O–H groups in total. The molecule has 1 unspecified atom stereocenters. The second-order valence-corrected chi connectivity index (χ2v) is 7.83. The summed E-state index contributed by atoms with van der Waals surface area (Å²) >= 11 is 1.41. The highest BCUT2D eigenvalue weighted by molar-refractivity contribution is 7.99. The lowest BCUT2D eigenvalue weighted by Gasteiger charge is -2.18. The predicted octanol–water partition coefficient (Wildman–Crippen LogP) is 4.72. The van der Waals surface area contributed by atoms with Crippen LogP contribution in [-0.4, -0.2) is 33.5 Å². The minimum absolute atomic E-state index is 0.000969. The van der Waals surface area contributed by atoms with Crippen LogP contribution >= 0.6 is 11.8 Å². The standard InChI is InChI=1S/C23H28N4O2S/c1-4-9-20(17-10-7-6-8-11-17)24-21(28)16-30-23-26-25-22(27(23)5-2)18-12-14-19(29-3)15-13-18/h6-8,10-15,20H,4-5,9,16H2,1-3H3,(H,24,28). The van der Waals surface area contributed by atoms with E-state index >= 15 is 0 Å². The van der Waals surface area contributed by atoms with Crippen LogP contribution in [0.3, 0.4) is 0 Å². The van der Waals surface area contributed by atoms with Crippen LogP contribution < -0.4 is 10.1 Å². The fourth-order valence-electron chi connectivity index (χ4n) is 3.30. The Hall–Kier alpha value is -2.80. The monoisotopic (exact) mass is 424 g/mol. The molecule has 6 nitrogen and oxygen atoms in total. The smallest absolute Gasteiger partial charge is 0.230 e. The van der Waals surface area contributed by atoms with Crippen LogP contribution in [0.25, 0.3) is 11.4 Å². The van der Waals surface area contributed by atoms with Crippen LogP contribution in [0.4, 0.5) is 0 Å². The first-order valence-electron chi connectivity index (χ1n) is 10.2. The molecule has 0 aliphatic heterocycles. The van der Waals surface area contributed by atoms with Crippen molar-refractivity contribution in [2.45, 2.75) is 44.4 Å². The zero-order chi connectivity index (χ0) is 21.3. The van der Waals surface area contributed by atoms with Gasteiger partial charge in [0, 0.05) is 12.1 Å². The number of hydrogen-bond donors (Lipinski definition) is 1. The van der Waals surface area contributed by atoms with Crippen molar-refractivity contribution in [2.75, 3.05) is 12.9 Å². The summed E-state index contributed by atoms with van der Waals surface area (Å²) < 4.78 is 7.25. The zero-order valence-electron chi connectivity index (χ0n) is 17.7. The summed E-state index contributed by atoms with van der Waals surface area (Å²) in [7, 11) is 1.65. The van der Waals surface area contributed by atoms with Gasteiger partial charge in [-0.1, -0.05) is 55.4 Å². The summed E-state index contributed by atoms with van der Waals surface area (Å²) in [5.41, 5.74) is 2.10. The molecule has 1 amide bonds. The Kier molecular flexibility index (Phi) is 7.90. The van der Waals surface area contributed by atoms with E-state index in [4.69, 9.17) is 4.74 Å². The van der Waals surface area contributed by atoms with Crippen LogP contribution in [0.5, 0.6) is 5.75 Å². The van der Waals surface area contributed by atoms with Gasteiger partial charge in [0.05, 0.1) is 18.9 Å². The molecule has 30 heavy (non-hydrogen) atoms. The highest BCUT2D eigenvalue weighted by Crippen LogP contribution is 2.26. The lowest BCUT2D eigenvalue weighted by Crippen LogP contribution is -2.30. The molecule has 0 bridgehead atoms. The van der Waals surface area contributed by atoms with Crippen molar-refractivity contribution in [3.63, 3.8) is 0 Å². The van der Waals surface area contributed by atoms with Crippen molar-refractivity contribution < 1.29 is 9.53 Å². The third-order valence-electron chi connectivity index (χ3n) is 4.83. The number of nitrogens with zero attached hydrogens (tertiary/aromatic N) is 3. The number of ether oxygens (including phenoxy) is 1. The molecule has 0 fully saturated rings. The number of carbonyl (C=O) groups excluding carboxylic acids is 1. The van der Waals surface area contributed by atoms with Crippen LogP contribution in [0.2, 0.25) is 0 Å². The quantitative estimate of drug-likeness (QED) is 0.477. The second-order valence-electron chi connectivity index (χ2n) is 6.89. The largest absolute Gasteiger partial charge is 0.497 e. The number of aromatic nitrogens is 3. The maximum atomic E-state index is 12.6. The van der Waals surface area contributed by atoms with Gasteiger partial charge in [-0.2, -0.15) is 0 Å². The molecular weight excluding hydrogens is 396 g/mol.